The summed E-state index contributed by atoms with van der Waals surface area (Å²) in [7, 11) is 0. The van der Waals surface area contributed by atoms with Crippen molar-refractivity contribution >= 4 is 0 Å². The lowest BCUT2D eigenvalue weighted by molar-refractivity contribution is 0.124. The normalized spacial score (nSPS) is 12.7. The molecule has 0 saturated carbocycles. The number of nitrogens with zero attached hydrogens (tertiary/aromatic N) is 2. The molecule has 0 spiro atoms. The van der Waals surface area contributed by atoms with Gasteiger partial charge in [-0.25, -0.2) is 0 Å². The highest BCUT2D eigenvalue weighted by Crippen LogP contribution is 2.09. The molecule has 0 aliphatic heterocycles. The smallest absolute Gasteiger partial charge is 0.0754 e. The van der Waals surface area contributed by atoms with E-state index in [1.807, 2.05) is 0 Å². The lowest BCUT2D eigenvalue weighted by atomic mass is 10.2. The zero-order valence-electron chi connectivity index (χ0n) is 9.22. The van der Waals surface area contributed by atoms with Crippen molar-refractivity contribution in [2.24, 2.45) is 5.73 Å². The number of hydrogen-bond acceptors (Lipinski definition) is 4. The van der Waals surface area contributed by atoms with E-state index in [0.29, 0.717) is 6.61 Å². The molecule has 1 aromatic heterocycles. The minimum absolute atomic E-state index is 0.0691. The van der Waals surface area contributed by atoms with Crippen LogP contribution >= 0.6 is 0 Å². The second-order valence-corrected chi connectivity index (χ2v) is 3.49. The maximum Gasteiger partial charge on any atom is 0.0754 e. The van der Waals surface area contributed by atoms with Gasteiger partial charge in [-0.1, -0.05) is 13.3 Å². The van der Waals surface area contributed by atoms with Crippen molar-refractivity contribution in [1.29, 1.82) is 0 Å². The van der Waals surface area contributed by atoms with Crippen molar-refractivity contribution in [1.82, 2.24) is 9.97 Å². The maximum absolute atomic E-state index is 5.93. The fraction of sp³-hybridized carbons (Fsp3) is 0.636. The first-order chi connectivity index (χ1) is 7.34. The van der Waals surface area contributed by atoms with Crippen LogP contribution in [0.5, 0.6) is 0 Å². The van der Waals surface area contributed by atoms with Crippen LogP contribution in [0.4, 0.5) is 0 Å². The van der Waals surface area contributed by atoms with Crippen LogP contribution in [0.2, 0.25) is 0 Å². The largest absolute Gasteiger partial charge is 0.381 e. The Hall–Kier alpha value is -1.00. The van der Waals surface area contributed by atoms with Gasteiger partial charge in [0.15, 0.2) is 0 Å². The first-order valence-electron chi connectivity index (χ1n) is 5.43. The van der Waals surface area contributed by atoms with Crippen molar-refractivity contribution in [2.75, 3.05) is 13.2 Å². The second kappa shape index (κ2) is 7.31. The molecule has 0 radical (unpaired) electrons. The van der Waals surface area contributed by atoms with Crippen molar-refractivity contribution < 1.29 is 4.74 Å². The molecular weight excluding hydrogens is 190 g/mol. The Labute approximate surface area is 90.9 Å². The summed E-state index contributed by atoms with van der Waals surface area (Å²) in [6.45, 7) is 3.66. The van der Waals surface area contributed by atoms with Gasteiger partial charge in [0.1, 0.15) is 0 Å². The van der Waals surface area contributed by atoms with E-state index in [2.05, 4.69) is 16.9 Å². The van der Waals surface area contributed by atoms with Gasteiger partial charge < -0.3 is 10.5 Å². The Morgan fingerprint density at radius 1 is 1.40 bits per heavy atom. The van der Waals surface area contributed by atoms with Crippen molar-refractivity contribution in [2.45, 2.75) is 32.2 Å². The van der Waals surface area contributed by atoms with Gasteiger partial charge in [0.2, 0.25) is 0 Å². The molecule has 0 amide bonds. The molecule has 0 saturated heterocycles. The number of ether oxygens (including phenoxy) is 1. The number of unbranched alkanes of at least 4 members (excludes halogenated alkanes) is 1. The van der Waals surface area contributed by atoms with E-state index < -0.39 is 0 Å². The molecule has 0 bridgehead atoms. The van der Waals surface area contributed by atoms with Crippen LogP contribution in [0.15, 0.2) is 18.6 Å². The van der Waals surface area contributed by atoms with Crippen molar-refractivity contribution in [3.63, 3.8) is 0 Å². The summed E-state index contributed by atoms with van der Waals surface area (Å²) in [4.78, 5) is 8.13. The maximum atomic E-state index is 5.93. The predicted molar refractivity (Wildman–Crippen MR) is 59.3 cm³/mol. The predicted octanol–water partition coefficient (Wildman–Crippen LogP) is 1.68. The van der Waals surface area contributed by atoms with Gasteiger partial charge in [-0.05, 0) is 12.8 Å². The summed E-state index contributed by atoms with van der Waals surface area (Å²) in [6, 6.07) is -0.0691. The number of nitrogens with two attached hydrogens (primary N) is 1. The molecular formula is C11H19N3O. The summed E-state index contributed by atoms with van der Waals surface area (Å²) in [5.41, 5.74) is 6.76. The molecule has 2 N–H and O–H groups in total. The molecule has 4 heteroatoms. The minimum Gasteiger partial charge on any atom is -0.381 e. The molecule has 1 heterocycles. The molecule has 1 atom stereocenters. The Bertz CT molecular complexity index is 253. The summed E-state index contributed by atoms with van der Waals surface area (Å²) in [5.74, 6) is 0. The van der Waals surface area contributed by atoms with Crippen LogP contribution in [0.1, 0.15) is 37.9 Å². The highest BCUT2D eigenvalue weighted by molar-refractivity contribution is 5.00. The van der Waals surface area contributed by atoms with E-state index in [-0.39, 0.29) is 6.04 Å². The van der Waals surface area contributed by atoms with Crippen LogP contribution in [0, 0.1) is 0 Å². The third kappa shape index (κ3) is 4.85. The van der Waals surface area contributed by atoms with Gasteiger partial charge in [0.05, 0.1) is 11.7 Å². The molecule has 0 fully saturated rings. The van der Waals surface area contributed by atoms with Crippen LogP contribution in [0.3, 0.4) is 0 Å². The van der Waals surface area contributed by atoms with Gasteiger partial charge in [-0.2, -0.15) is 0 Å². The molecule has 4 nitrogen and oxygen atoms in total. The summed E-state index contributed by atoms with van der Waals surface area (Å²) in [6.07, 6.45) is 8.08. The molecule has 15 heavy (non-hydrogen) atoms. The van der Waals surface area contributed by atoms with E-state index in [1.165, 1.54) is 0 Å². The molecule has 0 aliphatic carbocycles. The van der Waals surface area contributed by atoms with Crippen LogP contribution in [0.25, 0.3) is 0 Å². The SMILES string of the molecule is CCCCOCCC(N)c1cnccn1. The van der Waals surface area contributed by atoms with Gasteiger partial charge in [-0.15, -0.1) is 0 Å². The summed E-state index contributed by atoms with van der Waals surface area (Å²) in [5, 5.41) is 0. The summed E-state index contributed by atoms with van der Waals surface area (Å²) < 4.78 is 5.44. The Balaban J connectivity index is 2.16. The first-order valence-corrected chi connectivity index (χ1v) is 5.43. The fourth-order valence-electron chi connectivity index (χ4n) is 1.21. The molecule has 1 unspecified atom stereocenters. The van der Waals surface area contributed by atoms with Crippen molar-refractivity contribution in [3.8, 4) is 0 Å². The number of rotatable bonds is 7. The number of aromatic nitrogens is 2. The molecule has 1 aromatic rings. The van der Waals surface area contributed by atoms with Crippen LogP contribution in [-0.4, -0.2) is 23.2 Å². The average molecular weight is 209 g/mol. The van der Waals surface area contributed by atoms with Gasteiger partial charge in [0, 0.05) is 31.8 Å². The third-order valence-electron chi connectivity index (χ3n) is 2.18. The average Bonchev–Trinajstić information content (AvgIpc) is 2.30. The Kier molecular flexibility index (Phi) is 5.88. The Morgan fingerprint density at radius 3 is 2.93 bits per heavy atom. The molecule has 84 valence electrons. The molecule has 0 aliphatic rings. The third-order valence-corrected chi connectivity index (χ3v) is 2.18. The molecule has 0 aromatic carbocycles. The standard InChI is InChI=1S/C11H19N3O/c1-2-3-7-15-8-4-10(12)11-9-13-5-6-14-11/h5-6,9-10H,2-4,7-8,12H2,1H3. The lowest BCUT2D eigenvalue weighted by Gasteiger charge is -2.10. The van der Waals surface area contributed by atoms with E-state index >= 15 is 0 Å². The second-order valence-electron chi connectivity index (χ2n) is 3.49. The Morgan fingerprint density at radius 2 is 2.27 bits per heavy atom. The summed E-state index contributed by atoms with van der Waals surface area (Å²) >= 11 is 0. The monoisotopic (exact) mass is 209 g/mol. The van der Waals surface area contributed by atoms with Crippen LogP contribution in [-0.2, 0) is 4.74 Å². The van der Waals surface area contributed by atoms with Gasteiger partial charge in [0.25, 0.3) is 0 Å². The zero-order valence-corrected chi connectivity index (χ0v) is 9.22. The fourth-order valence-corrected chi connectivity index (χ4v) is 1.21. The number of hydrogen-bond donors (Lipinski definition) is 1. The van der Waals surface area contributed by atoms with Crippen molar-refractivity contribution in [3.05, 3.63) is 24.3 Å². The van der Waals surface area contributed by atoms with E-state index in [1.54, 1.807) is 18.6 Å². The topological polar surface area (TPSA) is 61.0 Å². The van der Waals surface area contributed by atoms with Gasteiger partial charge in [-0.3, -0.25) is 9.97 Å². The minimum atomic E-state index is -0.0691. The van der Waals surface area contributed by atoms with Crippen LogP contribution < -0.4 is 5.73 Å². The highest BCUT2D eigenvalue weighted by atomic mass is 16.5. The van der Waals surface area contributed by atoms with E-state index in [0.717, 1.165) is 31.6 Å². The van der Waals surface area contributed by atoms with E-state index in [4.69, 9.17) is 10.5 Å². The van der Waals surface area contributed by atoms with E-state index in [9.17, 15) is 0 Å². The zero-order chi connectivity index (χ0) is 10.9. The van der Waals surface area contributed by atoms with Gasteiger partial charge >= 0.3 is 0 Å². The quantitative estimate of drug-likeness (QED) is 0.694. The lowest BCUT2D eigenvalue weighted by Crippen LogP contribution is -2.15. The first kappa shape index (κ1) is 12.1. The molecule has 1 rings (SSSR count). The highest BCUT2D eigenvalue weighted by Gasteiger charge is 2.06.